The lowest BCUT2D eigenvalue weighted by atomic mass is 9.97. The number of methoxy groups -OCH3 is 1. The molecule has 0 amide bonds. The van der Waals surface area contributed by atoms with E-state index in [1.54, 1.807) is 12.1 Å². The van der Waals surface area contributed by atoms with Crippen LogP contribution in [0.25, 0.3) is 0 Å². The molecule has 1 heterocycles. The average molecular weight is 333 g/mol. The van der Waals surface area contributed by atoms with Crippen LogP contribution in [0.4, 0.5) is 0 Å². The molecule has 1 aliphatic rings. The Balaban J connectivity index is 1.90. The molecule has 0 spiro atoms. The molecule has 6 heteroatoms. The summed E-state index contributed by atoms with van der Waals surface area (Å²) in [7, 11) is 1.45. The van der Waals surface area contributed by atoms with Crippen molar-refractivity contribution >= 4 is 11.9 Å². The number of aliphatic imine (C=N–C) groups is 1. The quantitative estimate of drug-likeness (QED) is 0.488. The molecule has 2 rings (SSSR count). The van der Waals surface area contributed by atoms with Crippen molar-refractivity contribution in [2.75, 3.05) is 33.3 Å². The standard InChI is InChI=1S/C18H27N3O3/c1-3-19-18(20-10-7-14-5-4-6-16(22)13-14)21-11-8-15(9-12-21)17(23)24-2/h4-6,13,15,22H,3,7-12H2,1-2H3,(H,19,20). The minimum Gasteiger partial charge on any atom is -0.508 e. The monoisotopic (exact) mass is 333 g/mol. The number of esters is 1. The van der Waals surface area contributed by atoms with Crippen LogP contribution in [0.15, 0.2) is 29.3 Å². The number of likely N-dealkylation sites (tertiary alicyclic amines) is 1. The Labute approximate surface area is 143 Å². The van der Waals surface area contributed by atoms with Crippen molar-refractivity contribution in [2.24, 2.45) is 10.9 Å². The summed E-state index contributed by atoms with van der Waals surface area (Å²) in [4.78, 5) is 18.5. The smallest absolute Gasteiger partial charge is 0.308 e. The third-order valence-corrected chi connectivity index (χ3v) is 4.24. The SMILES string of the molecule is CCNC(=NCCc1cccc(O)c1)N1CCC(C(=O)OC)CC1. The van der Waals surface area contributed by atoms with E-state index < -0.39 is 0 Å². The molecule has 132 valence electrons. The minimum absolute atomic E-state index is 0.00132. The Morgan fingerprint density at radius 3 is 2.79 bits per heavy atom. The molecule has 0 radical (unpaired) electrons. The van der Waals surface area contributed by atoms with Gasteiger partial charge in [0.2, 0.25) is 0 Å². The van der Waals surface area contributed by atoms with Gasteiger partial charge in [0.1, 0.15) is 5.75 Å². The molecule has 0 unspecified atom stereocenters. The molecule has 1 aliphatic heterocycles. The summed E-state index contributed by atoms with van der Waals surface area (Å²) in [5.74, 6) is 1.07. The Kier molecular flexibility index (Phi) is 6.90. The lowest BCUT2D eigenvalue weighted by Gasteiger charge is -2.33. The van der Waals surface area contributed by atoms with Crippen molar-refractivity contribution in [3.63, 3.8) is 0 Å². The normalized spacial score (nSPS) is 16.1. The highest BCUT2D eigenvalue weighted by Gasteiger charge is 2.26. The number of nitrogens with one attached hydrogen (secondary N) is 1. The summed E-state index contributed by atoms with van der Waals surface area (Å²) in [6, 6.07) is 7.27. The van der Waals surface area contributed by atoms with Gasteiger partial charge < -0.3 is 20.1 Å². The molecular formula is C18H27N3O3. The van der Waals surface area contributed by atoms with Crippen LogP contribution in [0.1, 0.15) is 25.3 Å². The number of phenolic OH excluding ortho intramolecular Hbond substituents is 1. The van der Waals surface area contributed by atoms with Crippen molar-refractivity contribution in [3.05, 3.63) is 29.8 Å². The third kappa shape index (κ3) is 5.15. The summed E-state index contributed by atoms with van der Waals surface area (Å²) in [6.45, 7) is 5.12. The zero-order valence-electron chi connectivity index (χ0n) is 14.5. The summed E-state index contributed by atoms with van der Waals surface area (Å²) in [6.07, 6.45) is 2.37. The van der Waals surface area contributed by atoms with E-state index in [-0.39, 0.29) is 17.6 Å². The van der Waals surface area contributed by atoms with Crippen molar-refractivity contribution in [1.29, 1.82) is 0 Å². The van der Waals surface area contributed by atoms with Gasteiger partial charge in [-0.15, -0.1) is 0 Å². The van der Waals surface area contributed by atoms with Gasteiger partial charge in [0.25, 0.3) is 0 Å². The first-order valence-electron chi connectivity index (χ1n) is 8.53. The number of ether oxygens (including phenoxy) is 1. The highest BCUT2D eigenvalue weighted by molar-refractivity contribution is 5.80. The number of carbonyl (C=O) groups excluding carboxylic acids is 1. The molecule has 1 fully saturated rings. The van der Waals surface area contributed by atoms with Crippen LogP contribution < -0.4 is 5.32 Å². The Hall–Kier alpha value is -2.24. The molecule has 0 aromatic heterocycles. The fraction of sp³-hybridized carbons (Fsp3) is 0.556. The van der Waals surface area contributed by atoms with Gasteiger partial charge in [-0.1, -0.05) is 12.1 Å². The predicted molar refractivity (Wildman–Crippen MR) is 94.1 cm³/mol. The second-order valence-corrected chi connectivity index (χ2v) is 5.94. The van der Waals surface area contributed by atoms with Gasteiger partial charge in [-0.25, -0.2) is 0 Å². The Morgan fingerprint density at radius 2 is 2.17 bits per heavy atom. The second-order valence-electron chi connectivity index (χ2n) is 5.94. The van der Waals surface area contributed by atoms with Crippen LogP contribution in [0, 0.1) is 5.92 Å². The maximum absolute atomic E-state index is 11.6. The van der Waals surface area contributed by atoms with E-state index in [1.165, 1.54) is 7.11 Å². The zero-order chi connectivity index (χ0) is 17.4. The molecule has 2 N–H and O–H groups in total. The van der Waals surface area contributed by atoms with Gasteiger partial charge in [0.15, 0.2) is 5.96 Å². The van der Waals surface area contributed by atoms with Gasteiger partial charge in [-0.2, -0.15) is 0 Å². The van der Waals surface area contributed by atoms with Crippen molar-refractivity contribution < 1.29 is 14.6 Å². The van der Waals surface area contributed by atoms with Gasteiger partial charge in [-0.3, -0.25) is 9.79 Å². The fourth-order valence-corrected chi connectivity index (χ4v) is 2.92. The van der Waals surface area contributed by atoms with E-state index in [0.717, 1.165) is 50.4 Å². The van der Waals surface area contributed by atoms with Crippen LogP contribution in [0.5, 0.6) is 5.75 Å². The number of piperidine rings is 1. The van der Waals surface area contributed by atoms with E-state index in [1.807, 2.05) is 19.1 Å². The first-order chi connectivity index (χ1) is 11.6. The van der Waals surface area contributed by atoms with E-state index in [0.29, 0.717) is 6.54 Å². The van der Waals surface area contributed by atoms with Gasteiger partial charge in [0, 0.05) is 26.2 Å². The summed E-state index contributed by atoms with van der Waals surface area (Å²) in [5, 5.41) is 12.8. The molecule has 6 nitrogen and oxygen atoms in total. The zero-order valence-corrected chi connectivity index (χ0v) is 14.5. The lowest BCUT2D eigenvalue weighted by Crippen LogP contribution is -2.46. The molecular weight excluding hydrogens is 306 g/mol. The van der Waals surface area contributed by atoms with Crippen LogP contribution >= 0.6 is 0 Å². The Bertz CT molecular complexity index is 566. The molecule has 0 aliphatic carbocycles. The van der Waals surface area contributed by atoms with Crippen LogP contribution in [-0.2, 0) is 16.0 Å². The summed E-state index contributed by atoms with van der Waals surface area (Å²) in [5.41, 5.74) is 1.07. The first-order valence-corrected chi connectivity index (χ1v) is 8.53. The summed E-state index contributed by atoms with van der Waals surface area (Å²) >= 11 is 0. The molecule has 24 heavy (non-hydrogen) atoms. The predicted octanol–water partition coefficient (Wildman–Crippen LogP) is 1.79. The van der Waals surface area contributed by atoms with Crippen molar-refractivity contribution in [2.45, 2.75) is 26.2 Å². The van der Waals surface area contributed by atoms with Crippen LogP contribution in [0.3, 0.4) is 0 Å². The number of guanidine groups is 1. The van der Waals surface area contributed by atoms with Crippen molar-refractivity contribution in [3.8, 4) is 5.75 Å². The minimum atomic E-state index is -0.111. The highest BCUT2D eigenvalue weighted by atomic mass is 16.5. The molecule has 0 saturated carbocycles. The number of hydrogen-bond acceptors (Lipinski definition) is 4. The Morgan fingerprint density at radius 1 is 1.42 bits per heavy atom. The largest absolute Gasteiger partial charge is 0.508 e. The van der Waals surface area contributed by atoms with Gasteiger partial charge in [0.05, 0.1) is 13.0 Å². The molecule has 1 aromatic rings. The third-order valence-electron chi connectivity index (χ3n) is 4.24. The summed E-state index contributed by atoms with van der Waals surface area (Å²) < 4.78 is 4.83. The number of nitrogens with zero attached hydrogens (tertiary/aromatic N) is 2. The molecule has 0 bridgehead atoms. The fourth-order valence-electron chi connectivity index (χ4n) is 2.92. The van der Waals surface area contributed by atoms with E-state index in [9.17, 15) is 9.90 Å². The molecule has 1 saturated heterocycles. The maximum Gasteiger partial charge on any atom is 0.308 e. The molecule has 1 aromatic carbocycles. The number of benzene rings is 1. The van der Waals surface area contributed by atoms with Crippen molar-refractivity contribution in [1.82, 2.24) is 10.2 Å². The topological polar surface area (TPSA) is 74.2 Å². The number of hydrogen-bond donors (Lipinski definition) is 2. The lowest BCUT2D eigenvalue weighted by molar-refractivity contribution is -0.146. The number of carbonyl (C=O) groups is 1. The maximum atomic E-state index is 11.6. The highest BCUT2D eigenvalue weighted by Crippen LogP contribution is 2.18. The van der Waals surface area contributed by atoms with Crippen LogP contribution in [0.2, 0.25) is 0 Å². The van der Waals surface area contributed by atoms with E-state index in [2.05, 4.69) is 15.2 Å². The van der Waals surface area contributed by atoms with E-state index >= 15 is 0 Å². The first kappa shape index (κ1) is 18.1. The number of rotatable bonds is 5. The average Bonchev–Trinajstić information content (AvgIpc) is 2.60. The number of aromatic hydroxyl groups is 1. The van der Waals surface area contributed by atoms with Crippen LogP contribution in [-0.4, -0.2) is 55.2 Å². The number of phenols is 1. The van der Waals surface area contributed by atoms with Gasteiger partial charge >= 0.3 is 5.97 Å². The van der Waals surface area contributed by atoms with Gasteiger partial charge in [-0.05, 0) is 43.9 Å². The van der Waals surface area contributed by atoms with E-state index in [4.69, 9.17) is 4.74 Å². The second kappa shape index (κ2) is 9.15. The molecule has 0 atom stereocenters.